The quantitative estimate of drug-likeness (QED) is 0.331. The van der Waals surface area contributed by atoms with Crippen molar-refractivity contribution in [3.63, 3.8) is 0 Å². The molecule has 0 fully saturated rings. The number of hydrogen-bond donors (Lipinski definition) is 0. The van der Waals surface area contributed by atoms with E-state index in [0.29, 0.717) is 31.9 Å². The average Bonchev–Trinajstić information content (AvgIpc) is 3.22. The summed E-state index contributed by atoms with van der Waals surface area (Å²) >= 11 is 1.26. The van der Waals surface area contributed by atoms with Crippen LogP contribution in [0.25, 0.3) is 6.08 Å². The molecule has 6 nitrogen and oxygen atoms in total. The maximum atomic E-state index is 14.0. The van der Waals surface area contributed by atoms with Crippen molar-refractivity contribution in [2.24, 2.45) is 4.99 Å². The number of carbonyl (C=O) groups excluding carboxylic acids is 1. The van der Waals surface area contributed by atoms with E-state index in [4.69, 9.17) is 9.47 Å². The molecule has 5 rings (SSSR count). The van der Waals surface area contributed by atoms with Crippen LogP contribution >= 0.6 is 11.3 Å². The fourth-order valence-corrected chi connectivity index (χ4v) is 5.41. The Morgan fingerprint density at radius 2 is 1.84 bits per heavy atom. The number of thiazole rings is 1. The molecule has 0 saturated heterocycles. The van der Waals surface area contributed by atoms with E-state index in [2.05, 4.69) is 4.99 Å². The highest BCUT2D eigenvalue weighted by atomic mass is 32.1. The van der Waals surface area contributed by atoms with Gasteiger partial charge in [0.15, 0.2) is 4.80 Å². The molecular weight excluding hydrogens is 503 g/mol. The Hall–Kier alpha value is -4.30. The van der Waals surface area contributed by atoms with Gasteiger partial charge >= 0.3 is 5.97 Å². The summed E-state index contributed by atoms with van der Waals surface area (Å²) in [5, 5.41) is 0. The molecule has 3 aromatic carbocycles. The Morgan fingerprint density at radius 3 is 2.61 bits per heavy atom. The van der Waals surface area contributed by atoms with E-state index in [1.807, 2.05) is 42.5 Å². The van der Waals surface area contributed by atoms with Crippen molar-refractivity contribution in [1.29, 1.82) is 0 Å². The van der Waals surface area contributed by atoms with Crippen molar-refractivity contribution in [2.75, 3.05) is 6.61 Å². The van der Waals surface area contributed by atoms with E-state index in [1.54, 1.807) is 54.8 Å². The monoisotopic (exact) mass is 528 g/mol. The highest BCUT2D eigenvalue weighted by Gasteiger charge is 2.33. The van der Waals surface area contributed by atoms with Crippen LogP contribution in [0.3, 0.4) is 0 Å². The Bertz CT molecular complexity index is 1710. The average molecular weight is 529 g/mol. The van der Waals surface area contributed by atoms with Gasteiger partial charge in [-0.3, -0.25) is 9.36 Å². The molecule has 0 amide bonds. The number of aromatic nitrogens is 1. The van der Waals surface area contributed by atoms with Crippen LogP contribution in [0.5, 0.6) is 5.75 Å². The third-order valence-corrected chi connectivity index (χ3v) is 7.12. The molecule has 0 radical (unpaired) electrons. The summed E-state index contributed by atoms with van der Waals surface area (Å²) in [6.45, 7) is 3.81. The normalized spacial score (nSPS) is 15.1. The third-order valence-electron chi connectivity index (χ3n) is 6.14. The second-order valence-corrected chi connectivity index (χ2v) is 9.67. The number of rotatable bonds is 7. The van der Waals surface area contributed by atoms with Crippen LogP contribution in [0.1, 0.15) is 36.6 Å². The van der Waals surface area contributed by atoms with Gasteiger partial charge in [0.25, 0.3) is 5.56 Å². The number of esters is 1. The van der Waals surface area contributed by atoms with E-state index in [9.17, 15) is 14.0 Å². The molecule has 38 heavy (non-hydrogen) atoms. The van der Waals surface area contributed by atoms with Gasteiger partial charge in [-0.05, 0) is 49.2 Å². The van der Waals surface area contributed by atoms with Gasteiger partial charge in [0.2, 0.25) is 0 Å². The van der Waals surface area contributed by atoms with Gasteiger partial charge in [0.1, 0.15) is 18.2 Å². The number of halogens is 1. The molecule has 0 aliphatic carbocycles. The smallest absolute Gasteiger partial charge is 0.338 e. The fourth-order valence-electron chi connectivity index (χ4n) is 4.36. The lowest BCUT2D eigenvalue weighted by Gasteiger charge is -2.24. The first kappa shape index (κ1) is 25.4. The summed E-state index contributed by atoms with van der Waals surface area (Å²) in [5.74, 6) is -0.260. The highest BCUT2D eigenvalue weighted by molar-refractivity contribution is 7.07. The summed E-state index contributed by atoms with van der Waals surface area (Å²) in [4.78, 5) is 31.7. The largest absolute Gasteiger partial charge is 0.489 e. The van der Waals surface area contributed by atoms with Crippen molar-refractivity contribution in [2.45, 2.75) is 26.5 Å². The zero-order valence-corrected chi connectivity index (χ0v) is 21.7. The van der Waals surface area contributed by atoms with Crippen molar-refractivity contribution >= 4 is 23.4 Å². The number of fused-ring (bicyclic) bond motifs is 1. The highest BCUT2D eigenvalue weighted by Crippen LogP contribution is 2.30. The SMILES string of the molecule is CCOC(=O)C1=C(C)N=c2s/c(=C/c3cccc(OCc4ccccc4F)c3)c(=O)n2[C@H]1c1ccccc1. The summed E-state index contributed by atoms with van der Waals surface area (Å²) in [6.07, 6.45) is 1.77. The first-order valence-electron chi connectivity index (χ1n) is 12.2. The molecule has 4 aromatic rings. The number of hydrogen-bond acceptors (Lipinski definition) is 6. The van der Waals surface area contributed by atoms with Crippen LogP contribution in [-0.4, -0.2) is 17.1 Å². The Labute approximate surface area is 222 Å². The molecule has 0 unspecified atom stereocenters. The molecule has 0 bridgehead atoms. The van der Waals surface area contributed by atoms with Crippen LogP contribution in [0, 0.1) is 5.82 Å². The van der Waals surface area contributed by atoms with Gasteiger partial charge in [0, 0.05) is 5.56 Å². The summed E-state index contributed by atoms with van der Waals surface area (Å²) < 4.78 is 27.1. The van der Waals surface area contributed by atoms with Crippen LogP contribution in [-0.2, 0) is 16.1 Å². The third kappa shape index (κ3) is 5.08. The van der Waals surface area contributed by atoms with Gasteiger partial charge in [0.05, 0.1) is 28.5 Å². The van der Waals surface area contributed by atoms with Gasteiger partial charge in [-0.1, -0.05) is 72.0 Å². The van der Waals surface area contributed by atoms with Crippen molar-refractivity contribution in [3.8, 4) is 5.75 Å². The van der Waals surface area contributed by atoms with E-state index in [0.717, 1.165) is 11.1 Å². The van der Waals surface area contributed by atoms with Crippen molar-refractivity contribution < 1.29 is 18.7 Å². The predicted molar refractivity (Wildman–Crippen MR) is 144 cm³/mol. The predicted octanol–water partition coefficient (Wildman–Crippen LogP) is 4.52. The van der Waals surface area contributed by atoms with E-state index in [1.165, 1.54) is 17.4 Å². The maximum absolute atomic E-state index is 14.0. The zero-order chi connectivity index (χ0) is 26.6. The Kier molecular flexibility index (Phi) is 7.33. The Morgan fingerprint density at radius 1 is 1.08 bits per heavy atom. The second-order valence-electron chi connectivity index (χ2n) is 8.67. The minimum atomic E-state index is -0.649. The lowest BCUT2D eigenvalue weighted by molar-refractivity contribution is -0.139. The molecule has 1 aliphatic rings. The lowest BCUT2D eigenvalue weighted by atomic mass is 9.96. The molecule has 0 N–H and O–H groups in total. The first-order valence-corrected chi connectivity index (χ1v) is 13.0. The standard InChI is InChI=1S/C30H25FN2O4S/c1-3-36-29(35)26-19(2)32-30-33(27(26)21-11-5-4-6-12-21)28(34)25(38-30)17-20-10-9-14-23(16-20)37-18-22-13-7-8-15-24(22)31/h4-17,27H,3,18H2,1-2H3/b25-17+/t27-/m0/s1. The number of allylic oxidation sites excluding steroid dienone is 1. The molecule has 0 spiro atoms. The molecular formula is C30H25FN2O4S. The van der Waals surface area contributed by atoms with Gasteiger partial charge in [-0.15, -0.1) is 0 Å². The number of ether oxygens (including phenoxy) is 2. The molecule has 0 saturated carbocycles. The van der Waals surface area contributed by atoms with Gasteiger partial charge in [-0.25, -0.2) is 14.2 Å². The van der Waals surface area contributed by atoms with Crippen molar-refractivity contribution in [1.82, 2.24) is 4.57 Å². The molecule has 8 heteroatoms. The minimum Gasteiger partial charge on any atom is -0.489 e. The van der Waals surface area contributed by atoms with Gasteiger partial charge < -0.3 is 9.47 Å². The molecule has 1 aliphatic heterocycles. The molecule has 2 heterocycles. The van der Waals surface area contributed by atoms with Crippen LogP contribution in [0.15, 0.2) is 99.9 Å². The second kappa shape index (κ2) is 11.0. The summed E-state index contributed by atoms with van der Waals surface area (Å²) in [5.41, 5.74) is 2.61. The summed E-state index contributed by atoms with van der Waals surface area (Å²) in [6, 6.07) is 22.5. The minimum absolute atomic E-state index is 0.0886. The van der Waals surface area contributed by atoms with Crippen LogP contribution < -0.4 is 19.6 Å². The topological polar surface area (TPSA) is 69.9 Å². The lowest BCUT2D eigenvalue weighted by Crippen LogP contribution is -2.39. The van der Waals surface area contributed by atoms with E-state index in [-0.39, 0.29) is 24.6 Å². The van der Waals surface area contributed by atoms with Gasteiger partial charge in [-0.2, -0.15) is 0 Å². The molecule has 1 aromatic heterocycles. The molecule has 192 valence electrons. The van der Waals surface area contributed by atoms with Crippen LogP contribution in [0.2, 0.25) is 0 Å². The molecule has 1 atom stereocenters. The first-order chi connectivity index (χ1) is 18.5. The Balaban J connectivity index is 1.54. The number of carbonyl (C=O) groups is 1. The summed E-state index contributed by atoms with van der Waals surface area (Å²) in [7, 11) is 0. The number of benzene rings is 3. The maximum Gasteiger partial charge on any atom is 0.338 e. The number of nitrogens with zero attached hydrogens (tertiary/aromatic N) is 2. The van der Waals surface area contributed by atoms with Crippen molar-refractivity contribution in [3.05, 3.63) is 132 Å². The van der Waals surface area contributed by atoms with E-state index < -0.39 is 12.0 Å². The fraction of sp³-hybridized carbons (Fsp3) is 0.167. The van der Waals surface area contributed by atoms with E-state index >= 15 is 0 Å². The van der Waals surface area contributed by atoms with Crippen LogP contribution in [0.4, 0.5) is 4.39 Å². The zero-order valence-electron chi connectivity index (χ0n) is 20.9.